The van der Waals surface area contributed by atoms with E-state index in [9.17, 15) is 9.90 Å². The van der Waals surface area contributed by atoms with Crippen LogP contribution in [0.2, 0.25) is 0 Å². The first-order chi connectivity index (χ1) is 9.51. The van der Waals surface area contributed by atoms with Gasteiger partial charge in [-0.3, -0.25) is 9.69 Å². The zero-order valence-corrected chi connectivity index (χ0v) is 12.4. The van der Waals surface area contributed by atoms with Gasteiger partial charge in [0, 0.05) is 19.6 Å². The van der Waals surface area contributed by atoms with Crippen molar-refractivity contribution in [3.63, 3.8) is 0 Å². The van der Waals surface area contributed by atoms with Crippen molar-refractivity contribution in [1.82, 2.24) is 4.90 Å². The highest BCUT2D eigenvalue weighted by Gasteiger charge is 2.54. The lowest BCUT2D eigenvalue weighted by Crippen LogP contribution is -2.35. The number of nitrogens with zero attached hydrogens (tertiary/aromatic N) is 1. The number of carbonyl (C=O) groups is 1. The predicted molar refractivity (Wildman–Crippen MR) is 78.6 cm³/mol. The van der Waals surface area contributed by atoms with E-state index in [1.807, 2.05) is 0 Å². The molecule has 3 heteroatoms. The molecular weight excluding hydrogens is 250 g/mol. The summed E-state index contributed by atoms with van der Waals surface area (Å²) in [5.41, 5.74) is 3.47. The molecule has 2 atom stereocenters. The number of carboxylic acids is 1. The molecule has 0 unspecified atom stereocenters. The summed E-state index contributed by atoms with van der Waals surface area (Å²) in [6.45, 7) is 6.81. The quantitative estimate of drug-likeness (QED) is 0.920. The number of aliphatic carboxylic acids is 1. The number of benzene rings is 1. The summed E-state index contributed by atoms with van der Waals surface area (Å²) < 4.78 is 0. The van der Waals surface area contributed by atoms with Crippen molar-refractivity contribution in [3.8, 4) is 0 Å². The van der Waals surface area contributed by atoms with Gasteiger partial charge in [0.1, 0.15) is 0 Å². The molecule has 0 radical (unpaired) electrons. The van der Waals surface area contributed by atoms with E-state index < -0.39 is 11.4 Å². The van der Waals surface area contributed by atoms with Gasteiger partial charge in [-0.05, 0) is 49.3 Å². The predicted octanol–water partition coefficient (Wildman–Crippen LogP) is 2.99. The van der Waals surface area contributed by atoms with Crippen LogP contribution >= 0.6 is 0 Å². The molecule has 1 N–H and O–H groups in total. The molecule has 0 aromatic heterocycles. The highest BCUT2D eigenvalue weighted by atomic mass is 16.4. The molecule has 1 aromatic rings. The summed E-state index contributed by atoms with van der Waals surface area (Å²) in [6.07, 6.45) is 3.01. The number of likely N-dealkylation sites (tertiary alicyclic amines) is 1. The van der Waals surface area contributed by atoms with Crippen LogP contribution in [0.3, 0.4) is 0 Å². The van der Waals surface area contributed by atoms with Gasteiger partial charge in [0.25, 0.3) is 0 Å². The van der Waals surface area contributed by atoms with E-state index in [0.717, 1.165) is 38.9 Å². The second kappa shape index (κ2) is 4.88. The molecule has 0 spiro atoms. The first kappa shape index (κ1) is 13.6. The van der Waals surface area contributed by atoms with Crippen LogP contribution in [-0.2, 0) is 11.3 Å². The fraction of sp³-hybridized carbons (Fsp3) is 0.588. The Hall–Kier alpha value is -1.35. The fourth-order valence-corrected chi connectivity index (χ4v) is 4.02. The monoisotopic (exact) mass is 273 g/mol. The summed E-state index contributed by atoms with van der Waals surface area (Å²) in [6, 6.07) is 6.56. The molecule has 0 amide bonds. The third-order valence-electron chi connectivity index (χ3n) is 5.34. The molecule has 1 heterocycles. The van der Waals surface area contributed by atoms with Crippen molar-refractivity contribution < 1.29 is 9.90 Å². The van der Waals surface area contributed by atoms with Crippen LogP contribution in [0.5, 0.6) is 0 Å². The topological polar surface area (TPSA) is 40.5 Å². The molecule has 1 aliphatic heterocycles. The van der Waals surface area contributed by atoms with E-state index in [0.29, 0.717) is 5.92 Å². The normalized spacial score (nSPS) is 29.6. The van der Waals surface area contributed by atoms with E-state index >= 15 is 0 Å². The lowest BCUT2D eigenvalue weighted by atomic mass is 9.81. The Morgan fingerprint density at radius 3 is 2.85 bits per heavy atom. The molecule has 2 aliphatic rings. The average Bonchev–Trinajstić information content (AvgIpc) is 2.91. The van der Waals surface area contributed by atoms with E-state index in [2.05, 4.69) is 36.9 Å². The Kier molecular flexibility index (Phi) is 3.33. The van der Waals surface area contributed by atoms with Crippen LogP contribution < -0.4 is 0 Å². The summed E-state index contributed by atoms with van der Waals surface area (Å²) in [4.78, 5) is 14.0. The number of rotatable bonds is 3. The molecule has 1 aliphatic carbocycles. The third kappa shape index (κ3) is 2.14. The van der Waals surface area contributed by atoms with Crippen LogP contribution in [0.4, 0.5) is 0 Å². The number of hydrogen-bond donors (Lipinski definition) is 1. The maximum absolute atomic E-state index is 11.7. The Morgan fingerprint density at radius 1 is 1.40 bits per heavy atom. The smallest absolute Gasteiger partial charge is 0.311 e. The zero-order chi connectivity index (χ0) is 14.3. The van der Waals surface area contributed by atoms with Crippen LogP contribution in [0.1, 0.15) is 36.0 Å². The van der Waals surface area contributed by atoms with Gasteiger partial charge in [-0.15, -0.1) is 0 Å². The second-order valence-electron chi connectivity index (χ2n) is 6.64. The lowest BCUT2D eigenvalue weighted by molar-refractivity contribution is -0.149. The maximum Gasteiger partial charge on any atom is 0.311 e. The van der Waals surface area contributed by atoms with Crippen molar-refractivity contribution >= 4 is 5.97 Å². The van der Waals surface area contributed by atoms with Gasteiger partial charge in [-0.2, -0.15) is 0 Å². The molecule has 1 saturated carbocycles. The van der Waals surface area contributed by atoms with Crippen LogP contribution in [0.15, 0.2) is 18.2 Å². The van der Waals surface area contributed by atoms with Gasteiger partial charge in [-0.25, -0.2) is 0 Å². The Labute approximate surface area is 120 Å². The van der Waals surface area contributed by atoms with Crippen LogP contribution in [0.25, 0.3) is 0 Å². The van der Waals surface area contributed by atoms with Gasteiger partial charge in [0.05, 0.1) is 5.41 Å². The largest absolute Gasteiger partial charge is 0.481 e. The molecule has 3 rings (SSSR count). The van der Waals surface area contributed by atoms with E-state index in [-0.39, 0.29) is 0 Å². The molecule has 1 saturated heterocycles. The first-order valence-electron chi connectivity index (χ1n) is 7.53. The Bertz CT molecular complexity index is 540. The Balaban J connectivity index is 1.74. The van der Waals surface area contributed by atoms with Gasteiger partial charge in [0.2, 0.25) is 0 Å². The summed E-state index contributed by atoms with van der Waals surface area (Å²) in [5, 5.41) is 9.61. The molecule has 0 bridgehead atoms. The van der Waals surface area contributed by atoms with E-state index in [4.69, 9.17) is 0 Å². The summed E-state index contributed by atoms with van der Waals surface area (Å²) in [7, 11) is 0. The number of fused-ring (bicyclic) bond motifs is 1. The maximum atomic E-state index is 11.7. The minimum absolute atomic E-state index is 0.353. The SMILES string of the molecule is Cc1ccc(CN2C[C@@H]3CCC[C@@]3(C(=O)O)C2)cc1C. The van der Waals surface area contributed by atoms with Crippen LogP contribution in [-0.4, -0.2) is 29.1 Å². The number of aryl methyl sites for hydroxylation is 2. The molecule has 3 nitrogen and oxygen atoms in total. The van der Waals surface area contributed by atoms with Gasteiger partial charge < -0.3 is 5.11 Å². The zero-order valence-electron chi connectivity index (χ0n) is 12.4. The van der Waals surface area contributed by atoms with Crippen molar-refractivity contribution in [2.24, 2.45) is 11.3 Å². The van der Waals surface area contributed by atoms with E-state index in [1.54, 1.807) is 0 Å². The molecule has 2 fully saturated rings. The molecule has 108 valence electrons. The van der Waals surface area contributed by atoms with Crippen molar-refractivity contribution in [2.75, 3.05) is 13.1 Å². The van der Waals surface area contributed by atoms with Gasteiger partial charge in [-0.1, -0.05) is 24.6 Å². The van der Waals surface area contributed by atoms with E-state index in [1.165, 1.54) is 16.7 Å². The summed E-state index contributed by atoms with van der Waals surface area (Å²) in [5.74, 6) is -0.228. The van der Waals surface area contributed by atoms with Crippen molar-refractivity contribution in [3.05, 3.63) is 34.9 Å². The lowest BCUT2D eigenvalue weighted by Gasteiger charge is -2.23. The number of carboxylic acid groups (broad SMARTS) is 1. The fourth-order valence-electron chi connectivity index (χ4n) is 4.02. The van der Waals surface area contributed by atoms with Gasteiger partial charge >= 0.3 is 5.97 Å². The molecule has 1 aromatic carbocycles. The minimum Gasteiger partial charge on any atom is -0.481 e. The average molecular weight is 273 g/mol. The summed E-state index contributed by atoms with van der Waals surface area (Å²) >= 11 is 0. The van der Waals surface area contributed by atoms with Gasteiger partial charge in [0.15, 0.2) is 0 Å². The standard InChI is InChI=1S/C17H23NO2/c1-12-5-6-14(8-13(12)2)9-18-10-15-4-3-7-17(15,11-18)16(19)20/h5-6,8,15H,3-4,7,9-11H2,1-2H3,(H,19,20)/t15-,17+/m0/s1. The highest BCUT2D eigenvalue weighted by Crippen LogP contribution is 2.49. The van der Waals surface area contributed by atoms with Crippen molar-refractivity contribution in [1.29, 1.82) is 0 Å². The molecule has 20 heavy (non-hydrogen) atoms. The van der Waals surface area contributed by atoms with Crippen LogP contribution in [0, 0.1) is 25.2 Å². The Morgan fingerprint density at radius 2 is 2.20 bits per heavy atom. The van der Waals surface area contributed by atoms with Crippen molar-refractivity contribution in [2.45, 2.75) is 39.7 Å². The minimum atomic E-state index is -0.581. The first-order valence-corrected chi connectivity index (χ1v) is 7.53. The third-order valence-corrected chi connectivity index (χ3v) is 5.34. The molecular formula is C17H23NO2. The highest BCUT2D eigenvalue weighted by molar-refractivity contribution is 5.76. The number of hydrogen-bond acceptors (Lipinski definition) is 2. The second-order valence-corrected chi connectivity index (χ2v) is 6.64.